The number of benzene rings is 1. The summed E-state index contributed by atoms with van der Waals surface area (Å²) in [5.74, 6) is -1.21. The highest BCUT2D eigenvalue weighted by atomic mass is 19.1. The molecule has 1 aromatic heterocycles. The molecule has 0 amide bonds. The molecule has 1 aromatic carbocycles. The number of aromatic nitrogens is 2. The summed E-state index contributed by atoms with van der Waals surface area (Å²) in [4.78, 5) is 2.38. The number of aliphatic hydroxyl groups excluding tert-OH is 1. The number of likely N-dealkylation sites (tertiary alicyclic amines) is 1. The van der Waals surface area contributed by atoms with E-state index in [1.807, 2.05) is 13.8 Å². The first kappa shape index (κ1) is 20.9. The average Bonchev–Trinajstić information content (AvgIpc) is 3.23. The van der Waals surface area contributed by atoms with Gasteiger partial charge in [-0.15, -0.1) is 0 Å². The zero-order chi connectivity index (χ0) is 20.1. The summed E-state index contributed by atoms with van der Waals surface area (Å²) in [5.41, 5.74) is 3.01. The molecule has 0 spiro atoms. The fourth-order valence-corrected chi connectivity index (χ4v) is 3.99. The normalized spacial score (nSPS) is 17.5. The fourth-order valence-electron chi connectivity index (χ4n) is 3.99. The van der Waals surface area contributed by atoms with Gasteiger partial charge >= 0.3 is 0 Å². The van der Waals surface area contributed by atoms with Gasteiger partial charge in [0.15, 0.2) is 5.82 Å². The molecule has 1 aliphatic rings. The van der Waals surface area contributed by atoms with Crippen molar-refractivity contribution in [2.45, 2.75) is 52.1 Å². The van der Waals surface area contributed by atoms with Crippen LogP contribution in [0.25, 0.3) is 5.69 Å². The lowest BCUT2D eigenvalue weighted by Gasteiger charge is -2.22. The average molecular weight is 392 g/mol. The van der Waals surface area contributed by atoms with Gasteiger partial charge < -0.3 is 10.4 Å². The Kier molecular flexibility index (Phi) is 7.15. The Hall–Kier alpha value is -1.83. The van der Waals surface area contributed by atoms with E-state index in [4.69, 9.17) is 0 Å². The molecule has 2 heterocycles. The number of aliphatic hydroxyl groups is 1. The van der Waals surface area contributed by atoms with Crippen LogP contribution in [0.3, 0.4) is 0 Å². The highest BCUT2D eigenvalue weighted by Crippen LogP contribution is 2.21. The first-order valence-corrected chi connectivity index (χ1v) is 10.1. The van der Waals surface area contributed by atoms with Crippen molar-refractivity contribution in [3.05, 3.63) is 46.8 Å². The highest BCUT2D eigenvalue weighted by Gasteiger charge is 2.22. The van der Waals surface area contributed by atoms with Crippen molar-refractivity contribution in [2.75, 3.05) is 26.2 Å². The minimum Gasteiger partial charge on any atom is -0.395 e. The van der Waals surface area contributed by atoms with Crippen LogP contribution in [0.15, 0.2) is 18.2 Å². The quantitative estimate of drug-likeness (QED) is 0.644. The maximum atomic E-state index is 14.1. The van der Waals surface area contributed by atoms with E-state index in [0.29, 0.717) is 12.6 Å². The van der Waals surface area contributed by atoms with Gasteiger partial charge in [0.2, 0.25) is 0 Å². The third-order valence-corrected chi connectivity index (χ3v) is 5.64. The molecule has 1 saturated heterocycles. The van der Waals surface area contributed by atoms with E-state index in [-0.39, 0.29) is 12.3 Å². The summed E-state index contributed by atoms with van der Waals surface area (Å²) in [7, 11) is 0. The predicted octanol–water partition coefficient (Wildman–Crippen LogP) is 3.09. The predicted molar refractivity (Wildman–Crippen MR) is 106 cm³/mol. The minimum absolute atomic E-state index is 0.259. The summed E-state index contributed by atoms with van der Waals surface area (Å²) in [6.45, 7) is 7.76. The van der Waals surface area contributed by atoms with E-state index in [2.05, 4.69) is 15.3 Å². The second-order valence-corrected chi connectivity index (χ2v) is 7.56. The van der Waals surface area contributed by atoms with Crippen LogP contribution in [0.5, 0.6) is 0 Å². The largest absolute Gasteiger partial charge is 0.395 e. The Morgan fingerprint density at radius 1 is 1.25 bits per heavy atom. The third-order valence-electron chi connectivity index (χ3n) is 5.64. The van der Waals surface area contributed by atoms with Crippen molar-refractivity contribution in [3.63, 3.8) is 0 Å². The Bertz CT molecular complexity index is 793. The maximum Gasteiger partial charge on any atom is 0.151 e. The van der Waals surface area contributed by atoms with Gasteiger partial charge in [0.1, 0.15) is 11.5 Å². The zero-order valence-electron chi connectivity index (χ0n) is 16.7. The van der Waals surface area contributed by atoms with Gasteiger partial charge in [0.05, 0.1) is 12.3 Å². The first-order valence-electron chi connectivity index (χ1n) is 10.1. The van der Waals surface area contributed by atoms with E-state index >= 15 is 0 Å². The number of hydrogen-bond acceptors (Lipinski definition) is 4. The Morgan fingerprint density at radius 3 is 2.82 bits per heavy atom. The Balaban J connectivity index is 1.49. The number of aryl methyl sites for hydroxylation is 1. The van der Waals surface area contributed by atoms with Crippen LogP contribution >= 0.6 is 0 Å². The summed E-state index contributed by atoms with van der Waals surface area (Å²) in [6.07, 6.45) is 4.45. The fraction of sp³-hybridized carbons (Fsp3) is 0.571. The van der Waals surface area contributed by atoms with Gasteiger partial charge in [0, 0.05) is 29.9 Å². The minimum atomic E-state index is -0.617. The second kappa shape index (κ2) is 9.58. The molecule has 7 heteroatoms. The van der Waals surface area contributed by atoms with E-state index in [0.717, 1.165) is 61.9 Å². The molecular formula is C21H30F2N4O. The lowest BCUT2D eigenvalue weighted by molar-refractivity contribution is 0.157. The molecule has 1 fully saturated rings. The summed E-state index contributed by atoms with van der Waals surface area (Å²) < 4.78 is 28.8. The molecular weight excluding hydrogens is 362 g/mol. The number of unbranched alkanes of at least 4 members (excludes halogenated alkanes) is 1. The molecule has 0 aliphatic carbocycles. The van der Waals surface area contributed by atoms with E-state index in [1.165, 1.54) is 18.6 Å². The van der Waals surface area contributed by atoms with E-state index in [1.54, 1.807) is 4.68 Å². The number of hydrogen-bond donors (Lipinski definition) is 2. The third kappa shape index (κ3) is 4.77. The van der Waals surface area contributed by atoms with Gasteiger partial charge in [-0.25, -0.2) is 13.5 Å². The number of nitrogens with zero attached hydrogens (tertiary/aromatic N) is 3. The molecule has 154 valence electrons. The standard InChI is InChI=1S/C21H30F2N4O/c1-15-19(13-24-9-3-4-10-26-11-5-6-18(26)14-28)16(2)27(25-15)21-8-7-17(22)12-20(21)23/h7-8,12,18,24,28H,3-6,9-11,13-14H2,1-2H3. The van der Waals surface area contributed by atoms with Crippen LogP contribution in [0.2, 0.25) is 0 Å². The molecule has 0 bridgehead atoms. The second-order valence-electron chi connectivity index (χ2n) is 7.56. The Morgan fingerprint density at radius 2 is 2.07 bits per heavy atom. The summed E-state index contributed by atoms with van der Waals surface area (Å²) >= 11 is 0. The molecule has 5 nitrogen and oxygen atoms in total. The smallest absolute Gasteiger partial charge is 0.151 e. The van der Waals surface area contributed by atoms with Crippen LogP contribution in [-0.2, 0) is 6.54 Å². The Labute approximate surface area is 165 Å². The maximum absolute atomic E-state index is 14.1. The summed E-state index contributed by atoms with van der Waals surface area (Å²) in [5, 5.41) is 17.3. The van der Waals surface area contributed by atoms with Crippen LogP contribution in [0, 0.1) is 25.5 Å². The van der Waals surface area contributed by atoms with Gasteiger partial charge in [-0.3, -0.25) is 4.90 Å². The van der Waals surface area contributed by atoms with Crippen molar-refractivity contribution in [2.24, 2.45) is 0 Å². The number of halogens is 2. The van der Waals surface area contributed by atoms with Gasteiger partial charge in [0.25, 0.3) is 0 Å². The van der Waals surface area contributed by atoms with Crippen LogP contribution < -0.4 is 5.32 Å². The van der Waals surface area contributed by atoms with Crippen molar-refractivity contribution in [1.82, 2.24) is 20.0 Å². The zero-order valence-corrected chi connectivity index (χ0v) is 16.7. The molecule has 0 radical (unpaired) electrons. The lowest BCUT2D eigenvalue weighted by atomic mass is 10.2. The lowest BCUT2D eigenvalue weighted by Crippen LogP contribution is -2.33. The highest BCUT2D eigenvalue weighted by molar-refractivity contribution is 5.38. The molecule has 2 aromatic rings. The van der Waals surface area contributed by atoms with Crippen LogP contribution in [-0.4, -0.2) is 52.1 Å². The monoisotopic (exact) mass is 392 g/mol. The van der Waals surface area contributed by atoms with E-state index in [9.17, 15) is 13.9 Å². The summed E-state index contributed by atoms with van der Waals surface area (Å²) in [6, 6.07) is 3.88. The van der Waals surface area contributed by atoms with Crippen molar-refractivity contribution >= 4 is 0 Å². The molecule has 28 heavy (non-hydrogen) atoms. The molecule has 3 rings (SSSR count). The van der Waals surface area contributed by atoms with Gasteiger partial charge in [-0.2, -0.15) is 5.10 Å². The first-order chi connectivity index (χ1) is 13.5. The molecule has 2 N–H and O–H groups in total. The molecule has 1 unspecified atom stereocenters. The van der Waals surface area contributed by atoms with Gasteiger partial charge in [-0.1, -0.05) is 0 Å². The number of nitrogens with one attached hydrogen (secondary N) is 1. The topological polar surface area (TPSA) is 53.3 Å². The van der Waals surface area contributed by atoms with E-state index < -0.39 is 11.6 Å². The number of rotatable bonds is 9. The molecule has 0 saturated carbocycles. The van der Waals surface area contributed by atoms with Crippen LogP contribution in [0.4, 0.5) is 8.78 Å². The van der Waals surface area contributed by atoms with Crippen molar-refractivity contribution in [1.29, 1.82) is 0 Å². The van der Waals surface area contributed by atoms with Crippen LogP contribution in [0.1, 0.15) is 42.6 Å². The van der Waals surface area contributed by atoms with Crippen molar-refractivity contribution < 1.29 is 13.9 Å². The SMILES string of the molecule is Cc1nn(-c2ccc(F)cc2F)c(C)c1CNCCCCN1CCCC1CO. The molecule has 1 aliphatic heterocycles. The van der Waals surface area contributed by atoms with Gasteiger partial charge in [-0.05, 0) is 71.3 Å². The van der Waals surface area contributed by atoms with Crippen molar-refractivity contribution in [3.8, 4) is 5.69 Å². The molecule has 1 atom stereocenters.